The first kappa shape index (κ1) is 13.9. The second kappa shape index (κ2) is 5.72. The first-order valence-electron chi connectivity index (χ1n) is 6.70. The van der Waals surface area contributed by atoms with Gasteiger partial charge < -0.3 is 10.5 Å². The van der Waals surface area contributed by atoms with Crippen LogP contribution < -0.4 is 10.5 Å². The summed E-state index contributed by atoms with van der Waals surface area (Å²) >= 11 is 6.22. The van der Waals surface area contributed by atoms with Crippen LogP contribution in [0.25, 0.3) is 10.8 Å². The number of aromatic nitrogens is 1. The highest BCUT2D eigenvalue weighted by molar-refractivity contribution is 6.35. The number of fused-ring (bicyclic) bond motifs is 1. The summed E-state index contributed by atoms with van der Waals surface area (Å²) in [6.07, 6.45) is 0. The van der Waals surface area contributed by atoms with Gasteiger partial charge in [-0.3, -0.25) is 0 Å². The Morgan fingerprint density at radius 2 is 1.86 bits per heavy atom. The predicted molar refractivity (Wildman–Crippen MR) is 85.9 cm³/mol. The third-order valence-electron chi connectivity index (χ3n) is 3.27. The third-order valence-corrected chi connectivity index (χ3v) is 3.60. The zero-order valence-corrected chi connectivity index (χ0v) is 12.4. The zero-order chi connectivity index (χ0) is 14.8. The van der Waals surface area contributed by atoms with Gasteiger partial charge in [-0.05, 0) is 30.7 Å². The first-order valence-corrected chi connectivity index (χ1v) is 7.08. The minimum atomic E-state index is 0.459. The number of halogens is 1. The Kier molecular flexibility index (Phi) is 3.78. The van der Waals surface area contributed by atoms with E-state index in [9.17, 15) is 0 Å². The summed E-state index contributed by atoms with van der Waals surface area (Å²) < 4.78 is 5.94. The molecule has 0 saturated heterocycles. The van der Waals surface area contributed by atoms with Gasteiger partial charge in [-0.15, -0.1) is 0 Å². The number of hydrogen-bond acceptors (Lipinski definition) is 3. The molecule has 21 heavy (non-hydrogen) atoms. The predicted octanol–water partition coefficient (Wildman–Crippen LogP) is 4.45. The van der Waals surface area contributed by atoms with Gasteiger partial charge in [-0.25, -0.2) is 4.98 Å². The number of nitrogens with zero attached hydrogens (tertiary/aromatic N) is 1. The highest BCUT2D eigenvalue weighted by Crippen LogP contribution is 2.33. The Balaban J connectivity index is 2.06. The molecule has 0 aliphatic rings. The molecule has 0 aliphatic heterocycles. The van der Waals surface area contributed by atoms with Crippen molar-refractivity contribution in [2.45, 2.75) is 13.5 Å². The second-order valence-electron chi connectivity index (χ2n) is 4.85. The average Bonchev–Trinajstić information content (AvgIpc) is 2.50. The molecule has 2 N–H and O–H groups in total. The van der Waals surface area contributed by atoms with Crippen molar-refractivity contribution in [3.63, 3.8) is 0 Å². The normalized spacial score (nSPS) is 10.8. The van der Waals surface area contributed by atoms with Crippen LogP contribution in [0.1, 0.15) is 11.3 Å². The number of aryl methyl sites for hydroxylation is 1. The molecule has 0 spiro atoms. The summed E-state index contributed by atoms with van der Waals surface area (Å²) in [6, 6.07) is 15.4. The van der Waals surface area contributed by atoms with Gasteiger partial charge in [-0.1, -0.05) is 35.9 Å². The Bertz CT molecular complexity index is 802. The van der Waals surface area contributed by atoms with Crippen molar-refractivity contribution < 1.29 is 4.74 Å². The fourth-order valence-corrected chi connectivity index (χ4v) is 2.54. The molecule has 0 bridgehead atoms. The van der Waals surface area contributed by atoms with Gasteiger partial charge in [0.25, 0.3) is 0 Å². The van der Waals surface area contributed by atoms with E-state index < -0.39 is 0 Å². The van der Waals surface area contributed by atoms with Gasteiger partial charge in [0.05, 0.1) is 0 Å². The van der Waals surface area contributed by atoms with E-state index in [1.807, 2.05) is 55.5 Å². The van der Waals surface area contributed by atoms with E-state index in [0.29, 0.717) is 17.4 Å². The van der Waals surface area contributed by atoms with Crippen molar-refractivity contribution in [3.8, 4) is 11.6 Å². The molecule has 3 aromatic rings. The van der Waals surface area contributed by atoms with Crippen molar-refractivity contribution in [3.05, 3.63) is 64.8 Å². The quantitative estimate of drug-likeness (QED) is 0.777. The molecular weight excluding hydrogens is 284 g/mol. The molecule has 1 aromatic heterocycles. The summed E-state index contributed by atoms with van der Waals surface area (Å²) in [5.41, 5.74) is 7.57. The molecule has 3 rings (SSSR count). The fourth-order valence-electron chi connectivity index (χ4n) is 2.31. The minimum absolute atomic E-state index is 0.459. The number of ether oxygens (including phenoxy) is 1. The van der Waals surface area contributed by atoms with Crippen LogP contribution in [-0.4, -0.2) is 4.98 Å². The highest BCUT2D eigenvalue weighted by Gasteiger charge is 2.08. The Hall–Kier alpha value is -2.10. The van der Waals surface area contributed by atoms with Gasteiger partial charge >= 0.3 is 0 Å². The summed E-state index contributed by atoms with van der Waals surface area (Å²) in [6.45, 7) is 2.38. The van der Waals surface area contributed by atoms with Crippen LogP contribution in [0.5, 0.6) is 11.6 Å². The van der Waals surface area contributed by atoms with Crippen LogP contribution in [0.2, 0.25) is 5.02 Å². The lowest BCUT2D eigenvalue weighted by molar-refractivity contribution is 0.466. The molecule has 0 fully saturated rings. The van der Waals surface area contributed by atoms with Crippen molar-refractivity contribution in [2.75, 3.05) is 0 Å². The molecular formula is C17H15ClN2O. The SMILES string of the molecule is Cc1cc(CN)cc(Oc2ccc(Cl)c3ccccc23)n1. The number of pyridine rings is 1. The van der Waals surface area contributed by atoms with Crippen molar-refractivity contribution >= 4 is 22.4 Å². The maximum atomic E-state index is 6.22. The summed E-state index contributed by atoms with van der Waals surface area (Å²) in [5, 5.41) is 2.63. The van der Waals surface area contributed by atoms with Crippen molar-refractivity contribution in [1.82, 2.24) is 4.98 Å². The average molecular weight is 299 g/mol. The molecule has 1 heterocycles. The van der Waals surface area contributed by atoms with Gasteiger partial charge in [0.1, 0.15) is 5.75 Å². The number of benzene rings is 2. The summed E-state index contributed by atoms with van der Waals surface area (Å²) in [4.78, 5) is 4.40. The largest absolute Gasteiger partial charge is 0.438 e. The standard InChI is InChI=1S/C17H15ClN2O/c1-11-8-12(10-19)9-17(20-11)21-16-7-6-15(18)13-4-2-3-5-14(13)16/h2-9H,10,19H2,1H3. The lowest BCUT2D eigenvalue weighted by Crippen LogP contribution is -1.99. The van der Waals surface area contributed by atoms with Crippen LogP contribution in [0.4, 0.5) is 0 Å². The summed E-state index contributed by atoms with van der Waals surface area (Å²) in [5.74, 6) is 1.28. The molecule has 0 unspecified atom stereocenters. The van der Waals surface area contributed by atoms with E-state index >= 15 is 0 Å². The molecule has 0 amide bonds. The molecule has 2 aromatic carbocycles. The third kappa shape index (κ3) is 2.84. The van der Waals surface area contributed by atoms with Crippen LogP contribution >= 0.6 is 11.6 Å². The minimum Gasteiger partial charge on any atom is -0.438 e. The van der Waals surface area contributed by atoms with E-state index in [0.717, 1.165) is 27.8 Å². The number of hydrogen-bond donors (Lipinski definition) is 1. The maximum Gasteiger partial charge on any atom is 0.219 e. The van der Waals surface area contributed by atoms with E-state index in [2.05, 4.69) is 4.98 Å². The monoisotopic (exact) mass is 298 g/mol. The van der Waals surface area contributed by atoms with Gasteiger partial charge in [-0.2, -0.15) is 0 Å². The van der Waals surface area contributed by atoms with Gasteiger partial charge in [0.2, 0.25) is 5.88 Å². The lowest BCUT2D eigenvalue weighted by atomic mass is 10.1. The molecule has 0 aliphatic carbocycles. The van der Waals surface area contributed by atoms with Gasteiger partial charge in [0.15, 0.2) is 0 Å². The second-order valence-corrected chi connectivity index (χ2v) is 5.26. The Morgan fingerprint density at radius 1 is 1.10 bits per heavy atom. The molecule has 0 saturated carbocycles. The topological polar surface area (TPSA) is 48.1 Å². The highest BCUT2D eigenvalue weighted by atomic mass is 35.5. The smallest absolute Gasteiger partial charge is 0.219 e. The van der Waals surface area contributed by atoms with Crippen LogP contribution in [0.15, 0.2) is 48.5 Å². The number of rotatable bonds is 3. The molecule has 0 atom stereocenters. The first-order chi connectivity index (χ1) is 10.2. The van der Waals surface area contributed by atoms with Gasteiger partial charge in [0, 0.05) is 34.1 Å². The fraction of sp³-hybridized carbons (Fsp3) is 0.118. The van der Waals surface area contributed by atoms with E-state index in [1.165, 1.54) is 0 Å². The molecule has 4 heteroatoms. The molecule has 3 nitrogen and oxygen atoms in total. The lowest BCUT2D eigenvalue weighted by Gasteiger charge is -2.11. The van der Waals surface area contributed by atoms with E-state index in [4.69, 9.17) is 22.1 Å². The summed E-state index contributed by atoms with van der Waals surface area (Å²) in [7, 11) is 0. The van der Waals surface area contributed by atoms with Crippen LogP contribution in [0.3, 0.4) is 0 Å². The van der Waals surface area contributed by atoms with Crippen molar-refractivity contribution in [1.29, 1.82) is 0 Å². The van der Waals surface area contributed by atoms with E-state index in [-0.39, 0.29) is 0 Å². The Labute approximate surface area is 128 Å². The van der Waals surface area contributed by atoms with E-state index in [1.54, 1.807) is 0 Å². The van der Waals surface area contributed by atoms with Crippen LogP contribution in [-0.2, 0) is 6.54 Å². The molecule has 106 valence electrons. The number of nitrogens with two attached hydrogens (primary N) is 1. The maximum absolute atomic E-state index is 6.22. The zero-order valence-electron chi connectivity index (χ0n) is 11.6. The van der Waals surface area contributed by atoms with Crippen LogP contribution in [0, 0.1) is 6.92 Å². The van der Waals surface area contributed by atoms with Crippen molar-refractivity contribution in [2.24, 2.45) is 5.73 Å². The molecule has 0 radical (unpaired) electrons. The Morgan fingerprint density at radius 3 is 2.62 bits per heavy atom.